The molecule has 1 N–H and O–H groups in total. The van der Waals surface area contributed by atoms with Crippen molar-refractivity contribution in [3.63, 3.8) is 0 Å². The van der Waals surface area contributed by atoms with Crippen molar-refractivity contribution in [2.45, 2.75) is 13.0 Å². The fourth-order valence-electron chi connectivity index (χ4n) is 2.86. The topological polar surface area (TPSA) is 66.5 Å². The van der Waals surface area contributed by atoms with Crippen molar-refractivity contribution < 1.29 is 13.2 Å². The molecule has 0 saturated carbocycles. The monoisotopic (exact) mass is 408 g/mol. The first kappa shape index (κ1) is 17.1. The SMILES string of the molecule is CCS(=O)(=O)N1CC(=O)Nc2ccc(Br)cc2C1c1ccccc1. The third-order valence-electron chi connectivity index (χ3n) is 4.01. The van der Waals surface area contributed by atoms with E-state index in [0.717, 1.165) is 15.6 Å². The van der Waals surface area contributed by atoms with Crippen LogP contribution in [0.5, 0.6) is 0 Å². The van der Waals surface area contributed by atoms with Crippen molar-refractivity contribution in [3.8, 4) is 0 Å². The molecule has 7 heteroatoms. The Hall–Kier alpha value is -1.70. The minimum absolute atomic E-state index is 0.0625. The highest BCUT2D eigenvalue weighted by Crippen LogP contribution is 2.38. The zero-order valence-corrected chi connectivity index (χ0v) is 15.5. The summed E-state index contributed by atoms with van der Waals surface area (Å²) in [7, 11) is -3.57. The summed E-state index contributed by atoms with van der Waals surface area (Å²) in [5.74, 6) is -0.401. The first-order chi connectivity index (χ1) is 11.4. The van der Waals surface area contributed by atoms with Crippen molar-refractivity contribution in [2.24, 2.45) is 0 Å². The molecule has 2 aromatic carbocycles. The Morgan fingerprint density at radius 3 is 2.58 bits per heavy atom. The number of carbonyl (C=O) groups excluding carboxylic acids is 1. The number of hydrogen-bond donors (Lipinski definition) is 1. The standard InChI is InChI=1S/C17H17BrN2O3S/c1-2-24(22,23)20-11-16(21)19-15-9-8-13(18)10-14(15)17(20)12-6-4-3-5-7-12/h3-10,17H,2,11H2,1H3,(H,19,21). The average molecular weight is 409 g/mol. The second-order valence-electron chi connectivity index (χ2n) is 5.54. The fourth-order valence-corrected chi connectivity index (χ4v) is 4.44. The quantitative estimate of drug-likeness (QED) is 0.847. The van der Waals surface area contributed by atoms with Gasteiger partial charge in [0.1, 0.15) is 0 Å². The second kappa shape index (κ2) is 6.66. The molecule has 1 amide bonds. The number of rotatable bonds is 3. The second-order valence-corrected chi connectivity index (χ2v) is 8.66. The summed E-state index contributed by atoms with van der Waals surface area (Å²) >= 11 is 3.44. The van der Waals surface area contributed by atoms with Gasteiger partial charge >= 0.3 is 0 Å². The van der Waals surface area contributed by atoms with Crippen LogP contribution in [0.15, 0.2) is 53.0 Å². The number of hydrogen-bond acceptors (Lipinski definition) is 3. The van der Waals surface area contributed by atoms with Gasteiger partial charge in [-0.1, -0.05) is 46.3 Å². The van der Waals surface area contributed by atoms with Crippen molar-refractivity contribution in [1.29, 1.82) is 0 Å². The van der Waals surface area contributed by atoms with Crippen molar-refractivity contribution in [2.75, 3.05) is 17.6 Å². The van der Waals surface area contributed by atoms with E-state index in [2.05, 4.69) is 21.2 Å². The molecule has 1 aliphatic heterocycles. The summed E-state index contributed by atoms with van der Waals surface area (Å²) in [5.41, 5.74) is 2.20. The van der Waals surface area contributed by atoms with E-state index in [1.54, 1.807) is 13.0 Å². The van der Waals surface area contributed by atoms with Crippen LogP contribution in [-0.4, -0.2) is 30.9 Å². The minimum atomic E-state index is -3.57. The third-order valence-corrected chi connectivity index (χ3v) is 6.28. The zero-order valence-electron chi connectivity index (χ0n) is 13.1. The average Bonchev–Trinajstić information content (AvgIpc) is 2.71. The number of nitrogens with zero attached hydrogens (tertiary/aromatic N) is 1. The molecule has 1 aliphatic rings. The first-order valence-electron chi connectivity index (χ1n) is 7.56. The lowest BCUT2D eigenvalue weighted by atomic mass is 9.97. The minimum Gasteiger partial charge on any atom is -0.325 e. The number of carbonyl (C=O) groups is 1. The molecule has 0 bridgehead atoms. The highest BCUT2D eigenvalue weighted by Gasteiger charge is 2.36. The molecular weight excluding hydrogens is 392 g/mol. The van der Waals surface area contributed by atoms with Crippen LogP contribution in [-0.2, 0) is 14.8 Å². The van der Waals surface area contributed by atoms with Gasteiger partial charge in [-0.15, -0.1) is 0 Å². The molecule has 3 rings (SSSR count). The van der Waals surface area contributed by atoms with Gasteiger partial charge in [-0.2, -0.15) is 4.31 Å². The summed E-state index contributed by atoms with van der Waals surface area (Å²) in [6, 6.07) is 14.3. The molecule has 24 heavy (non-hydrogen) atoms. The maximum Gasteiger partial charge on any atom is 0.239 e. The van der Waals surface area contributed by atoms with Gasteiger partial charge in [-0.05, 0) is 36.2 Å². The Labute approximate surface area is 149 Å². The van der Waals surface area contributed by atoms with E-state index in [1.165, 1.54) is 4.31 Å². The molecule has 0 saturated heterocycles. The van der Waals surface area contributed by atoms with Gasteiger partial charge in [0.25, 0.3) is 0 Å². The van der Waals surface area contributed by atoms with E-state index in [4.69, 9.17) is 0 Å². The van der Waals surface area contributed by atoms with E-state index >= 15 is 0 Å². The number of benzene rings is 2. The Morgan fingerprint density at radius 2 is 1.92 bits per heavy atom. The molecule has 1 atom stereocenters. The predicted molar refractivity (Wildman–Crippen MR) is 97.2 cm³/mol. The molecular formula is C17H17BrN2O3S. The van der Waals surface area contributed by atoms with Crippen LogP contribution < -0.4 is 5.32 Å². The lowest BCUT2D eigenvalue weighted by Gasteiger charge is -2.29. The van der Waals surface area contributed by atoms with E-state index < -0.39 is 16.1 Å². The van der Waals surface area contributed by atoms with Crippen molar-refractivity contribution in [3.05, 3.63) is 64.1 Å². The summed E-state index contributed by atoms with van der Waals surface area (Å²) in [4.78, 5) is 12.3. The number of amides is 1. The summed E-state index contributed by atoms with van der Waals surface area (Å²) < 4.78 is 27.4. The van der Waals surface area contributed by atoms with E-state index in [1.807, 2.05) is 42.5 Å². The normalized spacial score (nSPS) is 18.6. The van der Waals surface area contributed by atoms with Crippen LogP contribution in [0.25, 0.3) is 0 Å². The third kappa shape index (κ3) is 3.24. The highest BCUT2D eigenvalue weighted by molar-refractivity contribution is 9.10. The van der Waals surface area contributed by atoms with Crippen LogP contribution >= 0.6 is 15.9 Å². The lowest BCUT2D eigenvalue weighted by Crippen LogP contribution is -2.39. The number of fused-ring (bicyclic) bond motifs is 1. The van der Waals surface area contributed by atoms with Gasteiger partial charge in [0.15, 0.2) is 0 Å². The fraction of sp³-hybridized carbons (Fsp3) is 0.235. The molecule has 126 valence electrons. The number of halogens is 1. The molecule has 0 aromatic heterocycles. The summed E-state index contributed by atoms with van der Waals surface area (Å²) in [6.07, 6.45) is 0. The van der Waals surface area contributed by atoms with Crippen LogP contribution in [0.4, 0.5) is 5.69 Å². The summed E-state index contributed by atoms with van der Waals surface area (Å²) in [5, 5.41) is 2.81. The van der Waals surface area contributed by atoms with Crippen LogP contribution in [0.1, 0.15) is 24.1 Å². The van der Waals surface area contributed by atoms with Crippen LogP contribution in [0.3, 0.4) is 0 Å². The largest absolute Gasteiger partial charge is 0.325 e. The van der Waals surface area contributed by atoms with E-state index in [-0.39, 0.29) is 18.2 Å². The maximum absolute atomic E-state index is 12.7. The summed E-state index contributed by atoms with van der Waals surface area (Å²) in [6.45, 7) is 1.38. The predicted octanol–water partition coefficient (Wildman–Crippen LogP) is 3.14. The lowest BCUT2D eigenvalue weighted by molar-refractivity contribution is -0.116. The van der Waals surface area contributed by atoms with Crippen LogP contribution in [0.2, 0.25) is 0 Å². The first-order valence-corrected chi connectivity index (χ1v) is 9.96. The molecule has 1 unspecified atom stereocenters. The Kier molecular flexibility index (Phi) is 4.76. The molecule has 0 aliphatic carbocycles. The number of anilines is 1. The van der Waals surface area contributed by atoms with E-state index in [9.17, 15) is 13.2 Å². The molecule has 0 radical (unpaired) electrons. The Balaban J connectivity index is 2.27. The molecule has 2 aromatic rings. The van der Waals surface area contributed by atoms with E-state index in [0.29, 0.717) is 5.69 Å². The molecule has 0 fully saturated rings. The zero-order chi connectivity index (χ0) is 17.3. The van der Waals surface area contributed by atoms with Gasteiger partial charge in [-0.25, -0.2) is 8.42 Å². The Bertz CT molecular complexity index is 869. The molecule has 5 nitrogen and oxygen atoms in total. The molecule has 0 spiro atoms. The maximum atomic E-state index is 12.7. The van der Waals surface area contributed by atoms with Gasteiger partial charge in [0.2, 0.25) is 15.9 Å². The van der Waals surface area contributed by atoms with Gasteiger partial charge in [-0.3, -0.25) is 4.79 Å². The van der Waals surface area contributed by atoms with Gasteiger partial charge < -0.3 is 5.32 Å². The smallest absolute Gasteiger partial charge is 0.239 e. The van der Waals surface area contributed by atoms with Gasteiger partial charge in [0.05, 0.1) is 18.3 Å². The highest BCUT2D eigenvalue weighted by atomic mass is 79.9. The number of nitrogens with one attached hydrogen (secondary N) is 1. The molecule has 1 heterocycles. The van der Waals surface area contributed by atoms with Crippen molar-refractivity contribution in [1.82, 2.24) is 4.31 Å². The van der Waals surface area contributed by atoms with Crippen LogP contribution in [0, 0.1) is 0 Å². The van der Waals surface area contributed by atoms with Crippen molar-refractivity contribution >= 4 is 37.5 Å². The Morgan fingerprint density at radius 1 is 1.21 bits per heavy atom. The number of sulfonamides is 1. The van der Waals surface area contributed by atoms with Gasteiger partial charge in [0, 0.05) is 10.2 Å².